The highest BCUT2D eigenvalue weighted by atomic mass is 35.5. The average molecular weight is 552 g/mol. The summed E-state index contributed by atoms with van der Waals surface area (Å²) in [7, 11) is 0. The SMILES string of the molecule is CCCCOC(OCCCC)C1CCN(c2ccc([C@@H]3CCCN(c4ccc(Cl)c5cc[nH]c45)C3)cc2)CC1. The van der Waals surface area contributed by atoms with Crippen molar-refractivity contribution in [2.24, 2.45) is 5.92 Å². The van der Waals surface area contributed by atoms with E-state index in [1.54, 1.807) is 0 Å². The van der Waals surface area contributed by atoms with E-state index >= 15 is 0 Å². The van der Waals surface area contributed by atoms with Crippen LogP contribution in [0.5, 0.6) is 0 Å². The lowest BCUT2D eigenvalue weighted by Gasteiger charge is -2.37. The van der Waals surface area contributed by atoms with Crippen molar-refractivity contribution in [3.63, 3.8) is 0 Å². The molecule has 3 aromatic rings. The van der Waals surface area contributed by atoms with Crippen molar-refractivity contribution in [1.82, 2.24) is 4.98 Å². The highest BCUT2D eigenvalue weighted by Gasteiger charge is 2.28. The molecule has 2 fully saturated rings. The molecule has 0 unspecified atom stereocenters. The third-order valence-corrected chi connectivity index (χ3v) is 8.95. The molecule has 2 aliphatic heterocycles. The van der Waals surface area contributed by atoms with Gasteiger partial charge < -0.3 is 24.3 Å². The number of aromatic nitrogens is 1. The zero-order valence-corrected chi connectivity index (χ0v) is 24.6. The summed E-state index contributed by atoms with van der Waals surface area (Å²) in [6.07, 6.45) is 11.2. The molecule has 6 heteroatoms. The van der Waals surface area contributed by atoms with Crippen LogP contribution < -0.4 is 9.80 Å². The highest BCUT2D eigenvalue weighted by molar-refractivity contribution is 6.35. The van der Waals surface area contributed by atoms with Crippen LogP contribution in [0.3, 0.4) is 0 Å². The minimum Gasteiger partial charge on any atom is -0.372 e. The molecule has 5 nitrogen and oxygen atoms in total. The van der Waals surface area contributed by atoms with E-state index in [9.17, 15) is 0 Å². The van der Waals surface area contributed by atoms with Gasteiger partial charge in [0.15, 0.2) is 6.29 Å². The number of aromatic amines is 1. The van der Waals surface area contributed by atoms with Gasteiger partial charge in [-0.2, -0.15) is 0 Å². The molecule has 2 saturated heterocycles. The summed E-state index contributed by atoms with van der Waals surface area (Å²) < 4.78 is 12.4. The lowest BCUT2D eigenvalue weighted by Crippen LogP contribution is -2.40. The van der Waals surface area contributed by atoms with E-state index < -0.39 is 0 Å². The standard InChI is InChI=1S/C33H46ClN3O2/c1-3-5-22-38-33(39-23-6-4-2)26-16-20-36(21-17-26)28-11-9-25(10-12-28)27-8-7-19-37(24-27)31-14-13-30(34)29-15-18-35-32(29)31/h9-15,18,26-27,33,35H,3-8,16-17,19-24H2,1-2H3/t27-/m1/s1. The second kappa shape index (κ2) is 13.9. The van der Waals surface area contributed by atoms with Crippen LogP contribution >= 0.6 is 11.6 Å². The van der Waals surface area contributed by atoms with Crippen LogP contribution in [0.4, 0.5) is 11.4 Å². The molecule has 0 bridgehead atoms. The molecular formula is C33H46ClN3O2. The number of nitrogens with zero attached hydrogens (tertiary/aromatic N) is 2. The van der Waals surface area contributed by atoms with Gasteiger partial charge in [0.1, 0.15) is 0 Å². The van der Waals surface area contributed by atoms with Gasteiger partial charge >= 0.3 is 0 Å². The fourth-order valence-corrected chi connectivity index (χ4v) is 6.45. The fraction of sp³-hybridized carbons (Fsp3) is 0.576. The molecule has 3 heterocycles. The number of ether oxygens (including phenoxy) is 2. The number of hydrogen-bond donors (Lipinski definition) is 1. The van der Waals surface area contributed by atoms with E-state index in [4.69, 9.17) is 21.1 Å². The monoisotopic (exact) mass is 551 g/mol. The Kier molecular flexibility index (Phi) is 10.1. The second-order valence-corrected chi connectivity index (χ2v) is 11.8. The van der Waals surface area contributed by atoms with Gasteiger partial charge in [0.2, 0.25) is 0 Å². The van der Waals surface area contributed by atoms with Crippen molar-refractivity contribution >= 4 is 33.9 Å². The van der Waals surface area contributed by atoms with Crippen LogP contribution in [0.15, 0.2) is 48.7 Å². The lowest BCUT2D eigenvalue weighted by atomic mass is 9.90. The number of unbranched alkanes of at least 4 members (excludes halogenated alkanes) is 2. The summed E-state index contributed by atoms with van der Waals surface area (Å²) in [5.74, 6) is 1.03. The van der Waals surface area contributed by atoms with Gasteiger partial charge in [-0.3, -0.25) is 0 Å². The molecule has 0 radical (unpaired) electrons. The van der Waals surface area contributed by atoms with Gasteiger partial charge in [-0.1, -0.05) is 50.4 Å². The number of rotatable bonds is 12. The lowest BCUT2D eigenvalue weighted by molar-refractivity contribution is -0.177. The zero-order chi connectivity index (χ0) is 27.0. The van der Waals surface area contributed by atoms with Crippen LogP contribution in [0, 0.1) is 5.92 Å². The molecule has 39 heavy (non-hydrogen) atoms. The van der Waals surface area contributed by atoms with Gasteiger partial charge in [0, 0.05) is 68.5 Å². The molecule has 0 amide bonds. The molecule has 2 aliphatic rings. The quantitative estimate of drug-likeness (QED) is 0.181. The maximum Gasteiger partial charge on any atom is 0.160 e. The fourth-order valence-electron chi connectivity index (χ4n) is 6.23. The molecular weight excluding hydrogens is 506 g/mol. The third-order valence-electron chi connectivity index (χ3n) is 8.62. The summed E-state index contributed by atoms with van der Waals surface area (Å²) >= 11 is 6.43. The summed E-state index contributed by atoms with van der Waals surface area (Å²) in [5.41, 5.74) is 5.20. The van der Waals surface area contributed by atoms with Gasteiger partial charge in [0.05, 0.1) is 16.2 Å². The first-order valence-electron chi connectivity index (χ1n) is 15.3. The minimum atomic E-state index is -0.0466. The maximum atomic E-state index is 6.43. The number of nitrogens with one attached hydrogen (secondary N) is 1. The topological polar surface area (TPSA) is 40.7 Å². The molecule has 1 N–H and O–H groups in total. The number of H-pyrrole nitrogens is 1. The first-order chi connectivity index (χ1) is 19.2. The summed E-state index contributed by atoms with van der Waals surface area (Å²) in [6.45, 7) is 10.3. The van der Waals surface area contributed by atoms with Crippen molar-refractivity contribution in [3.8, 4) is 0 Å². The number of piperidine rings is 2. The zero-order valence-electron chi connectivity index (χ0n) is 23.8. The predicted octanol–water partition coefficient (Wildman–Crippen LogP) is 8.38. The van der Waals surface area contributed by atoms with Crippen molar-refractivity contribution in [2.45, 2.75) is 77.4 Å². The third kappa shape index (κ3) is 6.93. The number of fused-ring (bicyclic) bond motifs is 1. The van der Waals surface area contributed by atoms with E-state index in [1.807, 2.05) is 12.3 Å². The summed E-state index contributed by atoms with van der Waals surface area (Å²) in [5, 5.41) is 1.92. The first-order valence-corrected chi connectivity index (χ1v) is 15.6. The highest BCUT2D eigenvalue weighted by Crippen LogP contribution is 2.36. The Balaban J connectivity index is 1.17. The predicted molar refractivity (Wildman–Crippen MR) is 164 cm³/mol. The van der Waals surface area contributed by atoms with Gasteiger partial charge in [-0.05, 0) is 74.4 Å². The number of benzene rings is 2. The molecule has 2 aromatic carbocycles. The normalized spacial score (nSPS) is 18.9. The Hall–Kier alpha value is -2.21. The molecule has 0 aliphatic carbocycles. The second-order valence-electron chi connectivity index (χ2n) is 11.4. The summed E-state index contributed by atoms with van der Waals surface area (Å²) in [4.78, 5) is 8.48. The number of hydrogen-bond acceptors (Lipinski definition) is 4. The van der Waals surface area contributed by atoms with Crippen LogP contribution in [0.25, 0.3) is 10.9 Å². The smallest absolute Gasteiger partial charge is 0.160 e. The van der Waals surface area contributed by atoms with E-state index in [-0.39, 0.29) is 6.29 Å². The molecule has 1 aromatic heterocycles. The Bertz CT molecular complexity index is 1150. The van der Waals surface area contributed by atoms with E-state index in [2.05, 4.69) is 65.0 Å². The molecule has 0 saturated carbocycles. The minimum absolute atomic E-state index is 0.0466. The van der Waals surface area contributed by atoms with Crippen molar-refractivity contribution in [3.05, 3.63) is 59.2 Å². The van der Waals surface area contributed by atoms with Crippen LogP contribution in [0.1, 0.15) is 76.7 Å². The molecule has 212 valence electrons. The Morgan fingerprint density at radius 2 is 1.59 bits per heavy atom. The van der Waals surface area contributed by atoms with Crippen molar-refractivity contribution in [1.29, 1.82) is 0 Å². The largest absolute Gasteiger partial charge is 0.372 e. The van der Waals surface area contributed by atoms with Crippen molar-refractivity contribution < 1.29 is 9.47 Å². The Labute approximate surface area is 239 Å². The Morgan fingerprint density at radius 1 is 0.872 bits per heavy atom. The summed E-state index contributed by atoms with van der Waals surface area (Å²) in [6, 6.07) is 15.7. The van der Waals surface area contributed by atoms with Crippen LogP contribution in [-0.2, 0) is 9.47 Å². The van der Waals surface area contributed by atoms with E-state index in [0.717, 1.165) is 93.8 Å². The van der Waals surface area contributed by atoms with E-state index in [0.29, 0.717) is 11.8 Å². The average Bonchev–Trinajstić information content (AvgIpc) is 3.48. The molecule has 0 spiro atoms. The van der Waals surface area contributed by atoms with Gasteiger partial charge in [-0.15, -0.1) is 0 Å². The van der Waals surface area contributed by atoms with Crippen LogP contribution in [0.2, 0.25) is 5.02 Å². The van der Waals surface area contributed by atoms with Gasteiger partial charge in [-0.25, -0.2) is 0 Å². The van der Waals surface area contributed by atoms with Crippen molar-refractivity contribution in [2.75, 3.05) is 49.2 Å². The Morgan fingerprint density at radius 3 is 2.28 bits per heavy atom. The molecule has 1 atom stereocenters. The van der Waals surface area contributed by atoms with Crippen LogP contribution in [-0.4, -0.2) is 50.7 Å². The number of anilines is 2. The maximum absolute atomic E-state index is 6.43. The molecule has 5 rings (SSSR count). The van der Waals surface area contributed by atoms with E-state index in [1.165, 1.54) is 29.8 Å². The number of halogens is 1. The van der Waals surface area contributed by atoms with Gasteiger partial charge in [0.25, 0.3) is 0 Å². The first kappa shape index (κ1) is 28.3.